The van der Waals surface area contributed by atoms with E-state index in [1.54, 1.807) is 6.20 Å². The Hall–Kier alpha value is -3.56. The van der Waals surface area contributed by atoms with Crippen LogP contribution < -0.4 is 10.1 Å². The zero-order valence-corrected chi connectivity index (χ0v) is 19.6. The smallest absolute Gasteiger partial charge is 0.154 e. The molecular formula is C25H28N6O3. The Balaban J connectivity index is 1.42. The van der Waals surface area contributed by atoms with Crippen molar-refractivity contribution in [2.24, 2.45) is 0 Å². The van der Waals surface area contributed by atoms with E-state index in [1.807, 2.05) is 55.7 Å². The van der Waals surface area contributed by atoms with Crippen molar-refractivity contribution in [3.63, 3.8) is 0 Å². The summed E-state index contributed by atoms with van der Waals surface area (Å²) < 4.78 is 13.3. The summed E-state index contributed by atoms with van der Waals surface area (Å²) in [5.74, 6) is 2.73. The molecule has 0 aromatic carbocycles. The predicted octanol–water partition coefficient (Wildman–Crippen LogP) is 3.78. The molecule has 1 saturated heterocycles. The van der Waals surface area contributed by atoms with E-state index in [9.17, 15) is 5.11 Å². The molecule has 5 heterocycles. The average molecular weight is 461 g/mol. The van der Waals surface area contributed by atoms with E-state index in [4.69, 9.17) is 9.47 Å². The first kappa shape index (κ1) is 22.2. The fourth-order valence-electron chi connectivity index (χ4n) is 4.19. The lowest BCUT2D eigenvalue weighted by molar-refractivity contribution is -0.105. The van der Waals surface area contributed by atoms with Crippen LogP contribution in [0, 0.1) is 20.8 Å². The predicted molar refractivity (Wildman–Crippen MR) is 128 cm³/mol. The van der Waals surface area contributed by atoms with Gasteiger partial charge in [-0.25, -0.2) is 14.5 Å². The number of nitrogens with zero attached hydrogens (tertiary/aromatic N) is 5. The second-order valence-corrected chi connectivity index (χ2v) is 8.87. The molecule has 0 aliphatic carbocycles. The number of nitrogens with one attached hydrogen (secondary N) is 1. The number of ether oxygens (including phenoxy) is 2. The summed E-state index contributed by atoms with van der Waals surface area (Å²) in [6.07, 6.45) is 5.10. The van der Waals surface area contributed by atoms with Crippen molar-refractivity contribution in [2.75, 3.05) is 25.1 Å². The van der Waals surface area contributed by atoms with E-state index in [-0.39, 0.29) is 13.2 Å². The summed E-state index contributed by atoms with van der Waals surface area (Å²) >= 11 is 0. The first-order valence-corrected chi connectivity index (χ1v) is 11.4. The summed E-state index contributed by atoms with van der Waals surface area (Å²) in [6.45, 7) is 6.87. The maximum atomic E-state index is 10.8. The Bertz CT molecular complexity index is 1310. The first-order valence-electron chi connectivity index (χ1n) is 11.4. The average Bonchev–Trinajstić information content (AvgIpc) is 3.19. The number of aromatic nitrogens is 5. The molecule has 0 bridgehead atoms. The van der Waals surface area contributed by atoms with Gasteiger partial charge in [-0.1, -0.05) is 0 Å². The maximum Gasteiger partial charge on any atom is 0.154 e. The summed E-state index contributed by atoms with van der Waals surface area (Å²) in [7, 11) is 0. The van der Waals surface area contributed by atoms with Crippen molar-refractivity contribution < 1.29 is 14.6 Å². The minimum absolute atomic E-state index is 0.158. The molecule has 1 aliphatic heterocycles. The molecule has 2 N–H and O–H groups in total. The van der Waals surface area contributed by atoms with Crippen LogP contribution in [-0.4, -0.2) is 55.1 Å². The third-order valence-corrected chi connectivity index (χ3v) is 5.80. The standard InChI is InChI=1S/C25H28N6O3/c1-16-9-21(22(13-26-16)34-15-25(32)6-4-8-33-14-25)19-5-7-31-20(11-19)12-24(30-31)29-23-10-17(2)27-18(3)28-23/h5,7,9-13,32H,4,6,8,14-15H2,1-3H3,(H,27,28,29,30). The molecule has 176 valence electrons. The molecule has 1 aliphatic rings. The lowest BCUT2D eigenvalue weighted by atomic mass is 9.98. The van der Waals surface area contributed by atoms with Gasteiger partial charge in [-0.2, -0.15) is 5.10 Å². The molecule has 0 radical (unpaired) electrons. The van der Waals surface area contributed by atoms with Gasteiger partial charge >= 0.3 is 0 Å². The van der Waals surface area contributed by atoms with E-state index in [0.29, 0.717) is 36.2 Å². The molecule has 0 amide bonds. The lowest BCUT2D eigenvalue weighted by Gasteiger charge is -2.31. The third-order valence-electron chi connectivity index (χ3n) is 5.80. The number of aryl methyl sites for hydroxylation is 3. The summed E-state index contributed by atoms with van der Waals surface area (Å²) in [5.41, 5.74) is 3.60. The summed E-state index contributed by atoms with van der Waals surface area (Å²) in [5, 5.41) is 18.6. The lowest BCUT2D eigenvalue weighted by Crippen LogP contribution is -2.44. The van der Waals surface area contributed by atoms with Crippen molar-refractivity contribution in [1.82, 2.24) is 24.6 Å². The van der Waals surface area contributed by atoms with Crippen molar-refractivity contribution in [3.05, 3.63) is 59.9 Å². The van der Waals surface area contributed by atoms with E-state index in [1.165, 1.54) is 0 Å². The minimum Gasteiger partial charge on any atom is -0.488 e. The van der Waals surface area contributed by atoms with Crippen LogP contribution >= 0.6 is 0 Å². The highest BCUT2D eigenvalue weighted by molar-refractivity contribution is 5.75. The van der Waals surface area contributed by atoms with Crippen LogP contribution in [0.3, 0.4) is 0 Å². The van der Waals surface area contributed by atoms with Crippen molar-refractivity contribution in [1.29, 1.82) is 0 Å². The molecule has 34 heavy (non-hydrogen) atoms. The van der Waals surface area contributed by atoms with Gasteiger partial charge < -0.3 is 19.9 Å². The molecule has 1 unspecified atom stereocenters. The molecule has 9 heteroatoms. The van der Waals surface area contributed by atoms with Crippen LogP contribution in [0.5, 0.6) is 5.75 Å². The Morgan fingerprint density at radius 1 is 1.12 bits per heavy atom. The molecule has 4 aromatic heterocycles. The molecule has 0 spiro atoms. The molecule has 4 aromatic rings. The maximum absolute atomic E-state index is 10.8. The van der Waals surface area contributed by atoms with Crippen LogP contribution in [0.25, 0.3) is 16.6 Å². The van der Waals surface area contributed by atoms with Gasteiger partial charge in [-0.15, -0.1) is 0 Å². The number of hydrogen-bond acceptors (Lipinski definition) is 8. The highest BCUT2D eigenvalue weighted by Crippen LogP contribution is 2.32. The quantitative estimate of drug-likeness (QED) is 0.448. The summed E-state index contributed by atoms with van der Waals surface area (Å²) in [6, 6.07) is 9.88. The van der Waals surface area contributed by atoms with Gasteiger partial charge in [0, 0.05) is 41.9 Å². The van der Waals surface area contributed by atoms with Gasteiger partial charge in [-0.3, -0.25) is 4.98 Å². The normalized spacial score (nSPS) is 18.2. The molecule has 1 atom stereocenters. The van der Waals surface area contributed by atoms with E-state index in [2.05, 4.69) is 31.4 Å². The Labute approximate surface area is 197 Å². The Kier molecular flexibility index (Phi) is 5.89. The zero-order valence-electron chi connectivity index (χ0n) is 19.6. The number of hydrogen-bond donors (Lipinski definition) is 2. The highest BCUT2D eigenvalue weighted by atomic mass is 16.5. The van der Waals surface area contributed by atoms with Gasteiger partial charge in [0.15, 0.2) is 5.82 Å². The Morgan fingerprint density at radius 3 is 2.79 bits per heavy atom. The molecular weight excluding hydrogens is 432 g/mol. The van der Waals surface area contributed by atoms with E-state index >= 15 is 0 Å². The fraction of sp³-hybridized carbons (Fsp3) is 0.360. The number of rotatable bonds is 6. The second-order valence-electron chi connectivity index (χ2n) is 8.87. The molecule has 1 fully saturated rings. The highest BCUT2D eigenvalue weighted by Gasteiger charge is 2.31. The summed E-state index contributed by atoms with van der Waals surface area (Å²) in [4.78, 5) is 13.1. The SMILES string of the molecule is Cc1cc(-c2ccn3nc(Nc4cc(C)nc(C)n4)cc3c2)c(OCC2(O)CCCOC2)cn1. The molecule has 0 saturated carbocycles. The number of anilines is 2. The van der Waals surface area contributed by atoms with E-state index < -0.39 is 5.60 Å². The number of pyridine rings is 2. The zero-order chi connectivity index (χ0) is 23.7. The van der Waals surface area contributed by atoms with Crippen molar-refractivity contribution >= 4 is 17.2 Å². The van der Waals surface area contributed by atoms with Crippen LogP contribution in [0.4, 0.5) is 11.6 Å². The van der Waals surface area contributed by atoms with Crippen LogP contribution in [0.1, 0.15) is 30.1 Å². The van der Waals surface area contributed by atoms with Crippen LogP contribution in [-0.2, 0) is 4.74 Å². The third kappa shape index (κ3) is 4.85. The fourth-order valence-corrected chi connectivity index (χ4v) is 4.19. The van der Waals surface area contributed by atoms with Crippen molar-refractivity contribution in [3.8, 4) is 16.9 Å². The van der Waals surface area contributed by atoms with Gasteiger partial charge in [-0.05, 0) is 57.4 Å². The number of fused-ring (bicyclic) bond motifs is 1. The first-order chi connectivity index (χ1) is 16.4. The van der Waals surface area contributed by atoms with Gasteiger partial charge in [0.1, 0.15) is 29.6 Å². The topological polar surface area (TPSA) is 107 Å². The second kappa shape index (κ2) is 9.00. The monoisotopic (exact) mass is 460 g/mol. The van der Waals surface area contributed by atoms with Gasteiger partial charge in [0.2, 0.25) is 0 Å². The molecule has 5 rings (SSSR count). The minimum atomic E-state index is -0.978. The van der Waals surface area contributed by atoms with Crippen LogP contribution in [0.15, 0.2) is 42.7 Å². The largest absolute Gasteiger partial charge is 0.488 e. The molecule has 9 nitrogen and oxygen atoms in total. The van der Waals surface area contributed by atoms with Crippen molar-refractivity contribution in [2.45, 2.75) is 39.2 Å². The van der Waals surface area contributed by atoms with Gasteiger partial charge in [0.05, 0.1) is 18.3 Å². The Morgan fingerprint density at radius 2 is 2.00 bits per heavy atom. The van der Waals surface area contributed by atoms with Gasteiger partial charge in [0.25, 0.3) is 0 Å². The van der Waals surface area contributed by atoms with E-state index in [0.717, 1.165) is 34.5 Å². The van der Waals surface area contributed by atoms with Crippen LogP contribution in [0.2, 0.25) is 0 Å². The number of aliphatic hydroxyl groups is 1.